The second-order valence-electron chi connectivity index (χ2n) is 5.66. The number of benzene rings is 1. The number of carboxylic acids is 1. The van der Waals surface area contributed by atoms with E-state index in [1.54, 1.807) is 0 Å². The van der Waals surface area contributed by atoms with Gasteiger partial charge < -0.3 is 5.11 Å². The summed E-state index contributed by atoms with van der Waals surface area (Å²) in [6.07, 6.45) is 2.72. The highest BCUT2D eigenvalue weighted by Gasteiger charge is 2.29. The topological polar surface area (TPSA) is 83.5 Å². The third-order valence-electron chi connectivity index (χ3n) is 3.53. The molecule has 1 aromatic carbocycles. The third-order valence-corrected chi connectivity index (χ3v) is 5.13. The van der Waals surface area contributed by atoms with Crippen LogP contribution in [-0.4, -0.2) is 31.3 Å². The maximum atomic E-state index is 12.1. The fraction of sp³-hybridized carbons (Fsp3) is 0.533. The first kappa shape index (κ1) is 16.0. The summed E-state index contributed by atoms with van der Waals surface area (Å²) in [7, 11) is -3.33. The number of rotatable bonds is 9. The number of sulfonamides is 1. The molecule has 1 aliphatic carbocycles. The minimum absolute atomic E-state index is 0.0382. The van der Waals surface area contributed by atoms with Gasteiger partial charge in [-0.05, 0) is 37.2 Å². The maximum absolute atomic E-state index is 12.1. The van der Waals surface area contributed by atoms with Gasteiger partial charge in [0.1, 0.15) is 0 Å². The maximum Gasteiger partial charge on any atom is 0.303 e. The zero-order valence-electron chi connectivity index (χ0n) is 11.9. The molecule has 0 spiro atoms. The Morgan fingerprint density at radius 1 is 1.29 bits per heavy atom. The molecule has 1 aromatic rings. The Balaban J connectivity index is 1.98. The quantitative estimate of drug-likeness (QED) is 0.728. The summed E-state index contributed by atoms with van der Waals surface area (Å²) in [6.45, 7) is 0. The molecule has 21 heavy (non-hydrogen) atoms. The van der Waals surface area contributed by atoms with Gasteiger partial charge in [0.25, 0.3) is 0 Å². The lowest BCUT2D eigenvalue weighted by atomic mass is 10.0. The average Bonchev–Trinajstić information content (AvgIpc) is 3.20. The average molecular weight is 311 g/mol. The molecule has 5 nitrogen and oxygen atoms in total. The molecule has 1 atom stereocenters. The molecule has 0 radical (unpaired) electrons. The zero-order chi connectivity index (χ0) is 15.3. The predicted molar refractivity (Wildman–Crippen MR) is 80.5 cm³/mol. The van der Waals surface area contributed by atoms with Crippen molar-refractivity contribution in [3.05, 3.63) is 35.9 Å². The molecule has 0 aliphatic heterocycles. The highest BCUT2D eigenvalue weighted by Crippen LogP contribution is 2.30. The van der Waals surface area contributed by atoms with Gasteiger partial charge in [0.15, 0.2) is 0 Å². The monoisotopic (exact) mass is 311 g/mol. The van der Waals surface area contributed by atoms with Gasteiger partial charge in [0, 0.05) is 12.5 Å². The lowest BCUT2D eigenvalue weighted by Crippen LogP contribution is -2.38. The van der Waals surface area contributed by atoms with E-state index in [-0.39, 0.29) is 24.1 Å². The number of hydrogen-bond acceptors (Lipinski definition) is 3. The van der Waals surface area contributed by atoms with Crippen molar-refractivity contribution < 1.29 is 18.3 Å². The molecule has 1 saturated carbocycles. The summed E-state index contributed by atoms with van der Waals surface area (Å²) in [5.74, 6) is -0.473. The molecule has 1 fully saturated rings. The number of carboxylic acid groups (broad SMARTS) is 1. The summed E-state index contributed by atoms with van der Waals surface area (Å²) < 4.78 is 26.8. The van der Waals surface area contributed by atoms with Crippen molar-refractivity contribution in [3.8, 4) is 0 Å². The third kappa shape index (κ3) is 6.27. The molecule has 1 aliphatic rings. The van der Waals surface area contributed by atoms with Crippen LogP contribution in [-0.2, 0) is 21.2 Å². The molecule has 0 saturated heterocycles. The van der Waals surface area contributed by atoms with Gasteiger partial charge in [0.05, 0.1) is 5.75 Å². The van der Waals surface area contributed by atoms with Gasteiger partial charge >= 0.3 is 5.97 Å². The van der Waals surface area contributed by atoms with Gasteiger partial charge in [-0.1, -0.05) is 30.3 Å². The number of aliphatic carboxylic acids is 1. The van der Waals surface area contributed by atoms with Crippen molar-refractivity contribution >= 4 is 16.0 Å². The lowest BCUT2D eigenvalue weighted by Gasteiger charge is -2.18. The van der Waals surface area contributed by atoms with Crippen LogP contribution in [0.25, 0.3) is 0 Å². The minimum atomic E-state index is -3.33. The first-order valence-electron chi connectivity index (χ1n) is 7.20. The van der Waals surface area contributed by atoms with Crippen LogP contribution in [0.4, 0.5) is 0 Å². The Labute approximate surface area is 125 Å². The molecule has 0 amide bonds. The van der Waals surface area contributed by atoms with E-state index in [1.165, 1.54) is 0 Å². The summed E-state index contributed by atoms with van der Waals surface area (Å²) in [4.78, 5) is 10.7. The molecular formula is C15H21NO4S. The second kappa shape index (κ2) is 7.04. The van der Waals surface area contributed by atoms with Crippen LogP contribution in [0.15, 0.2) is 30.3 Å². The smallest absolute Gasteiger partial charge is 0.303 e. The van der Waals surface area contributed by atoms with Gasteiger partial charge in [-0.3, -0.25) is 4.79 Å². The SMILES string of the molecule is O=C(O)CCC(Cc1ccccc1)NS(=O)(=O)CC1CC1. The molecule has 1 unspecified atom stereocenters. The summed E-state index contributed by atoms with van der Waals surface area (Å²) in [6, 6.07) is 9.15. The first-order valence-corrected chi connectivity index (χ1v) is 8.85. The van der Waals surface area contributed by atoms with E-state index in [0.717, 1.165) is 18.4 Å². The normalized spacial score (nSPS) is 16.6. The summed E-state index contributed by atoms with van der Waals surface area (Å²) >= 11 is 0. The van der Waals surface area contributed by atoms with Crippen molar-refractivity contribution in [1.82, 2.24) is 4.72 Å². The fourth-order valence-corrected chi connectivity index (χ4v) is 4.06. The van der Waals surface area contributed by atoms with Crippen LogP contribution < -0.4 is 4.72 Å². The summed E-state index contributed by atoms with van der Waals surface area (Å²) in [5.41, 5.74) is 1.00. The highest BCUT2D eigenvalue weighted by atomic mass is 32.2. The van der Waals surface area contributed by atoms with Gasteiger partial charge in [-0.2, -0.15) is 0 Å². The van der Waals surface area contributed by atoms with Crippen molar-refractivity contribution in [1.29, 1.82) is 0 Å². The van der Waals surface area contributed by atoms with Gasteiger partial charge in [0.2, 0.25) is 10.0 Å². The predicted octanol–water partition coefficient (Wildman–Crippen LogP) is 1.79. The minimum Gasteiger partial charge on any atom is -0.481 e. The van der Waals surface area contributed by atoms with Crippen molar-refractivity contribution in [2.75, 3.05) is 5.75 Å². The Morgan fingerprint density at radius 2 is 1.95 bits per heavy atom. The standard InChI is InChI=1S/C15H21NO4S/c17-15(18)9-8-14(10-12-4-2-1-3-5-12)16-21(19,20)11-13-6-7-13/h1-5,13-14,16H,6-11H2,(H,17,18). The van der Waals surface area contributed by atoms with E-state index in [0.29, 0.717) is 12.8 Å². The van der Waals surface area contributed by atoms with Gasteiger partial charge in [-0.15, -0.1) is 0 Å². The molecule has 0 aromatic heterocycles. The number of nitrogens with one attached hydrogen (secondary N) is 1. The Bertz CT molecular complexity index is 567. The highest BCUT2D eigenvalue weighted by molar-refractivity contribution is 7.89. The van der Waals surface area contributed by atoms with E-state index in [4.69, 9.17) is 5.11 Å². The molecule has 2 N–H and O–H groups in total. The molecule has 0 bridgehead atoms. The molecular weight excluding hydrogens is 290 g/mol. The van der Waals surface area contributed by atoms with Crippen LogP contribution in [0, 0.1) is 5.92 Å². The van der Waals surface area contributed by atoms with Crippen molar-refractivity contribution in [3.63, 3.8) is 0 Å². The van der Waals surface area contributed by atoms with Gasteiger partial charge in [-0.25, -0.2) is 13.1 Å². The lowest BCUT2D eigenvalue weighted by molar-refractivity contribution is -0.137. The van der Waals surface area contributed by atoms with E-state index < -0.39 is 16.0 Å². The van der Waals surface area contributed by atoms with Crippen molar-refractivity contribution in [2.24, 2.45) is 5.92 Å². The van der Waals surface area contributed by atoms with Crippen LogP contribution >= 0.6 is 0 Å². The Hall–Kier alpha value is -1.40. The molecule has 2 rings (SSSR count). The molecule has 0 heterocycles. The first-order chi connectivity index (χ1) is 9.94. The zero-order valence-corrected chi connectivity index (χ0v) is 12.7. The molecule has 116 valence electrons. The van der Waals surface area contributed by atoms with Crippen LogP contribution in [0.3, 0.4) is 0 Å². The van der Waals surface area contributed by atoms with E-state index >= 15 is 0 Å². The van der Waals surface area contributed by atoms with Crippen LogP contribution in [0.2, 0.25) is 0 Å². The Morgan fingerprint density at radius 3 is 2.52 bits per heavy atom. The fourth-order valence-electron chi connectivity index (χ4n) is 2.30. The Kier molecular flexibility index (Phi) is 5.36. The van der Waals surface area contributed by atoms with E-state index in [1.807, 2.05) is 30.3 Å². The van der Waals surface area contributed by atoms with Crippen LogP contribution in [0.5, 0.6) is 0 Å². The second-order valence-corrected chi connectivity index (χ2v) is 7.46. The van der Waals surface area contributed by atoms with Crippen molar-refractivity contribution in [2.45, 2.75) is 38.1 Å². The van der Waals surface area contributed by atoms with E-state index in [9.17, 15) is 13.2 Å². The molecule has 6 heteroatoms. The van der Waals surface area contributed by atoms with E-state index in [2.05, 4.69) is 4.72 Å². The number of carbonyl (C=O) groups is 1. The summed E-state index contributed by atoms with van der Waals surface area (Å²) in [5, 5.41) is 8.80. The number of hydrogen-bond donors (Lipinski definition) is 2. The van der Waals surface area contributed by atoms with Crippen LogP contribution in [0.1, 0.15) is 31.2 Å². The largest absolute Gasteiger partial charge is 0.481 e.